The number of para-hydroxylation sites is 1. The molecular weight excluding hydrogens is 348 g/mol. The van der Waals surface area contributed by atoms with Crippen molar-refractivity contribution in [3.05, 3.63) is 41.4 Å². The van der Waals surface area contributed by atoms with E-state index in [2.05, 4.69) is 18.2 Å². The van der Waals surface area contributed by atoms with Gasteiger partial charge in [0, 0.05) is 19.0 Å². The molecule has 1 N–H and O–H groups in total. The van der Waals surface area contributed by atoms with Crippen molar-refractivity contribution >= 4 is 33.4 Å². The van der Waals surface area contributed by atoms with Crippen molar-refractivity contribution in [1.29, 1.82) is 0 Å². The summed E-state index contributed by atoms with van der Waals surface area (Å²) >= 11 is 1.67. The minimum absolute atomic E-state index is 0.0788. The van der Waals surface area contributed by atoms with E-state index in [1.807, 2.05) is 18.2 Å². The summed E-state index contributed by atoms with van der Waals surface area (Å²) in [7, 11) is 0. The first-order valence-corrected chi connectivity index (χ1v) is 9.97. The van der Waals surface area contributed by atoms with E-state index in [-0.39, 0.29) is 17.7 Å². The molecule has 2 heterocycles. The fourth-order valence-corrected chi connectivity index (χ4v) is 5.17. The van der Waals surface area contributed by atoms with Crippen LogP contribution in [0.4, 0.5) is 0 Å². The third-order valence-corrected chi connectivity index (χ3v) is 6.63. The second-order valence-corrected chi connectivity index (χ2v) is 8.20. The lowest BCUT2D eigenvalue weighted by atomic mass is 9.81. The van der Waals surface area contributed by atoms with Crippen LogP contribution in [0, 0.1) is 11.8 Å². The molecule has 26 heavy (non-hydrogen) atoms. The average molecular weight is 370 g/mol. The van der Waals surface area contributed by atoms with Crippen LogP contribution in [-0.2, 0) is 9.59 Å². The molecular formula is C20H22N2O3S. The highest BCUT2D eigenvalue weighted by Crippen LogP contribution is 2.39. The number of nitrogens with zero attached hydrogens (tertiary/aromatic N) is 2. The van der Waals surface area contributed by atoms with Gasteiger partial charge < -0.3 is 10.0 Å². The Labute approximate surface area is 156 Å². The van der Waals surface area contributed by atoms with Crippen molar-refractivity contribution < 1.29 is 14.7 Å². The Kier molecular flexibility index (Phi) is 4.76. The highest BCUT2D eigenvalue weighted by Gasteiger charge is 2.37. The van der Waals surface area contributed by atoms with Gasteiger partial charge >= 0.3 is 5.97 Å². The molecule has 1 aromatic heterocycles. The molecule has 0 unspecified atom stereocenters. The number of likely N-dealkylation sites (tertiary alicyclic amines) is 1. The third-order valence-electron chi connectivity index (χ3n) is 5.46. The first-order chi connectivity index (χ1) is 12.6. The van der Waals surface area contributed by atoms with Crippen LogP contribution in [0.15, 0.2) is 36.4 Å². The Bertz CT molecular complexity index is 827. The molecule has 6 heteroatoms. The number of thiazole rings is 1. The zero-order valence-electron chi connectivity index (χ0n) is 14.5. The van der Waals surface area contributed by atoms with Crippen molar-refractivity contribution in [1.82, 2.24) is 9.88 Å². The fourth-order valence-electron chi connectivity index (χ4n) is 4.02. The van der Waals surface area contributed by atoms with Gasteiger partial charge in [0.2, 0.25) is 5.91 Å². The quantitative estimate of drug-likeness (QED) is 0.837. The van der Waals surface area contributed by atoms with Gasteiger partial charge in [0.1, 0.15) is 0 Å². The summed E-state index contributed by atoms with van der Waals surface area (Å²) in [5.41, 5.74) is 0.983. The van der Waals surface area contributed by atoms with Gasteiger partial charge in [-0.1, -0.05) is 24.3 Å². The average Bonchev–Trinajstić information content (AvgIpc) is 3.11. The normalized spacial score (nSPS) is 26.2. The standard InChI is InChI=1S/C20H22N2O3S/c23-19(22-11-5-6-13(12-22)20(24)25)15-8-2-1-7-14(15)18-21-16-9-3-4-10-17(16)26-18/h1-4,9-10,13-15H,5-8,11-12H2,(H,24,25)/t13-,14-,15-/m1/s1. The smallest absolute Gasteiger partial charge is 0.308 e. The molecule has 3 atom stereocenters. The number of carbonyl (C=O) groups excluding carboxylic acids is 1. The van der Waals surface area contributed by atoms with Gasteiger partial charge in [-0.25, -0.2) is 4.98 Å². The number of hydrogen-bond donors (Lipinski definition) is 1. The van der Waals surface area contributed by atoms with Gasteiger partial charge in [0.05, 0.1) is 27.1 Å². The number of amides is 1. The maximum atomic E-state index is 13.2. The van der Waals surface area contributed by atoms with E-state index < -0.39 is 11.9 Å². The van der Waals surface area contributed by atoms with Crippen LogP contribution in [0.5, 0.6) is 0 Å². The summed E-state index contributed by atoms with van der Waals surface area (Å²) in [6.45, 7) is 0.996. The van der Waals surface area contributed by atoms with Gasteiger partial charge in [-0.05, 0) is 37.8 Å². The van der Waals surface area contributed by atoms with Crippen LogP contribution in [0.2, 0.25) is 0 Å². The number of carboxylic acids is 1. The second-order valence-electron chi connectivity index (χ2n) is 7.14. The number of hydrogen-bond acceptors (Lipinski definition) is 4. The lowest BCUT2D eigenvalue weighted by molar-refractivity contribution is -0.147. The summed E-state index contributed by atoms with van der Waals surface area (Å²) in [6.07, 6.45) is 7.14. The molecule has 0 spiro atoms. The maximum Gasteiger partial charge on any atom is 0.308 e. The maximum absolute atomic E-state index is 13.2. The Balaban J connectivity index is 1.58. The minimum atomic E-state index is -0.797. The van der Waals surface area contributed by atoms with Crippen LogP contribution < -0.4 is 0 Å². The molecule has 136 valence electrons. The van der Waals surface area contributed by atoms with Gasteiger partial charge in [-0.3, -0.25) is 9.59 Å². The molecule has 1 amide bonds. The number of aromatic nitrogens is 1. The van der Waals surface area contributed by atoms with Crippen molar-refractivity contribution in [2.45, 2.75) is 31.6 Å². The molecule has 2 aliphatic rings. The van der Waals surface area contributed by atoms with Crippen LogP contribution in [-0.4, -0.2) is 40.0 Å². The molecule has 1 aliphatic heterocycles. The molecule has 0 radical (unpaired) electrons. The topological polar surface area (TPSA) is 70.5 Å². The molecule has 2 aromatic rings. The van der Waals surface area contributed by atoms with Gasteiger partial charge in [0.25, 0.3) is 0 Å². The number of benzene rings is 1. The molecule has 0 saturated carbocycles. The first kappa shape index (κ1) is 17.2. The monoisotopic (exact) mass is 370 g/mol. The number of carbonyl (C=O) groups is 2. The summed E-state index contributed by atoms with van der Waals surface area (Å²) in [6, 6.07) is 8.06. The summed E-state index contributed by atoms with van der Waals surface area (Å²) in [4.78, 5) is 31.1. The summed E-state index contributed by atoms with van der Waals surface area (Å²) < 4.78 is 1.15. The zero-order valence-corrected chi connectivity index (χ0v) is 15.3. The number of carboxylic acid groups (broad SMARTS) is 1. The number of rotatable bonds is 3. The lowest BCUT2D eigenvalue weighted by Gasteiger charge is -2.36. The summed E-state index contributed by atoms with van der Waals surface area (Å²) in [5.74, 6) is -1.21. The van der Waals surface area contributed by atoms with Crippen LogP contribution >= 0.6 is 11.3 Å². The second kappa shape index (κ2) is 7.19. The van der Waals surface area contributed by atoms with Crippen molar-refractivity contribution in [2.24, 2.45) is 11.8 Å². The van der Waals surface area contributed by atoms with Crippen molar-refractivity contribution in [3.8, 4) is 0 Å². The van der Waals surface area contributed by atoms with E-state index in [4.69, 9.17) is 4.98 Å². The number of allylic oxidation sites excluding steroid dienone is 2. The number of piperidine rings is 1. The van der Waals surface area contributed by atoms with Crippen LogP contribution in [0.3, 0.4) is 0 Å². The van der Waals surface area contributed by atoms with E-state index in [0.29, 0.717) is 25.9 Å². The van der Waals surface area contributed by atoms with Crippen molar-refractivity contribution in [2.75, 3.05) is 13.1 Å². The fraction of sp³-hybridized carbons (Fsp3) is 0.450. The predicted molar refractivity (Wildman–Crippen MR) is 101 cm³/mol. The van der Waals surface area contributed by atoms with Gasteiger partial charge in [-0.15, -0.1) is 11.3 Å². The van der Waals surface area contributed by atoms with Crippen LogP contribution in [0.1, 0.15) is 36.6 Å². The lowest BCUT2D eigenvalue weighted by Crippen LogP contribution is -2.46. The van der Waals surface area contributed by atoms with Gasteiger partial charge in [-0.2, -0.15) is 0 Å². The van der Waals surface area contributed by atoms with E-state index in [9.17, 15) is 14.7 Å². The Hall–Kier alpha value is -2.21. The molecule has 5 nitrogen and oxygen atoms in total. The SMILES string of the molecule is O=C(O)[C@@H]1CCCN(C(=O)[C@@H]2CC=CC[C@H]2c2nc3ccccc3s2)C1. The van der Waals surface area contributed by atoms with Crippen molar-refractivity contribution in [3.63, 3.8) is 0 Å². The Morgan fingerprint density at radius 2 is 2.00 bits per heavy atom. The number of aliphatic carboxylic acids is 1. The van der Waals surface area contributed by atoms with E-state index in [1.165, 1.54) is 0 Å². The number of fused-ring (bicyclic) bond motifs is 1. The third kappa shape index (κ3) is 3.26. The van der Waals surface area contributed by atoms with Gasteiger partial charge in [0.15, 0.2) is 0 Å². The Morgan fingerprint density at radius 3 is 2.81 bits per heavy atom. The predicted octanol–water partition coefficient (Wildman–Crippen LogP) is 3.67. The van der Waals surface area contributed by atoms with Crippen LogP contribution in [0.25, 0.3) is 10.2 Å². The molecule has 4 rings (SSSR count). The first-order valence-electron chi connectivity index (χ1n) is 9.15. The Morgan fingerprint density at radius 1 is 1.19 bits per heavy atom. The highest BCUT2D eigenvalue weighted by atomic mass is 32.1. The van der Waals surface area contributed by atoms with E-state index in [1.54, 1.807) is 16.2 Å². The zero-order chi connectivity index (χ0) is 18.1. The molecule has 1 saturated heterocycles. The molecule has 1 aromatic carbocycles. The molecule has 1 fully saturated rings. The van der Waals surface area contributed by atoms with E-state index in [0.717, 1.165) is 28.1 Å². The van der Waals surface area contributed by atoms with E-state index >= 15 is 0 Å². The highest BCUT2D eigenvalue weighted by molar-refractivity contribution is 7.18. The molecule has 0 bridgehead atoms. The molecule has 1 aliphatic carbocycles. The largest absolute Gasteiger partial charge is 0.481 e. The minimum Gasteiger partial charge on any atom is -0.481 e. The summed E-state index contributed by atoms with van der Waals surface area (Å²) in [5, 5.41) is 10.3.